The van der Waals surface area contributed by atoms with E-state index in [0.29, 0.717) is 9.80 Å². The summed E-state index contributed by atoms with van der Waals surface area (Å²) in [5.41, 5.74) is -2.63. The van der Waals surface area contributed by atoms with E-state index in [9.17, 15) is 39.0 Å². The maximum Gasteiger partial charge on any atom is 0.231 e. The number of carbonyl (C=O) groups excluding carboxylic acids is 6. The van der Waals surface area contributed by atoms with Crippen molar-refractivity contribution in [2.24, 2.45) is 0 Å². The molecule has 0 aromatic carbocycles. The lowest BCUT2D eigenvalue weighted by Gasteiger charge is -2.46. The van der Waals surface area contributed by atoms with Gasteiger partial charge in [-0.15, -0.1) is 0 Å². The number of carbonyl (C=O) groups is 6. The Balaban J connectivity index is 2.52. The molecule has 2 aliphatic heterocycles. The largest absolute Gasteiger partial charge is 0.550 e. The zero-order valence-corrected chi connectivity index (χ0v) is 12.6. The summed E-state index contributed by atoms with van der Waals surface area (Å²) in [7, 11) is 0. The van der Waals surface area contributed by atoms with Crippen LogP contribution in [-0.4, -0.2) is 51.0 Å². The van der Waals surface area contributed by atoms with Crippen LogP contribution in [0.25, 0.3) is 0 Å². The fourth-order valence-electron chi connectivity index (χ4n) is 3.07. The number of hydrogen-bond donors (Lipinski definition) is 0. The van der Waals surface area contributed by atoms with Crippen LogP contribution < -0.4 is 10.2 Å². The Bertz CT molecular complexity index is 573. The first kappa shape index (κ1) is 17.6. The highest BCUT2D eigenvalue weighted by atomic mass is 16.4. The molecule has 0 N–H and O–H groups in total. The Morgan fingerprint density at radius 1 is 0.833 bits per heavy atom. The van der Waals surface area contributed by atoms with Crippen LogP contribution in [0, 0.1) is 0 Å². The second kappa shape index (κ2) is 6.38. The highest BCUT2D eigenvalue weighted by molar-refractivity contribution is 6.11. The molecule has 130 valence electrons. The van der Waals surface area contributed by atoms with Gasteiger partial charge in [-0.1, -0.05) is 0 Å². The van der Waals surface area contributed by atoms with Gasteiger partial charge in [0, 0.05) is 31.7 Å². The number of nitrogens with zero attached hydrogens (tertiary/aromatic N) is 2. The van der Waals surface area contributed by atoms with Crippen molar-refractivity contribution in [3.8, 4) is 0 Å². The van der Waals surface area contributed by atoms with E-state index in [-0.39, 0.29) is 32.1 Å². The molecule has 0 aliphatic carbocycles. The van der Waals surface area contributed by atoms with Gasteiger partial charge in [-0.05, 0) is 19.3 Å². The van der Waals surface area contributed by atoms with Crippen molar-refractivity contribution in [2.45, 2.75) is 50.6 Å². The Hall–Kier alpha value is -2.78. The van der Waals surface area contributed by atoms with E-state index in [4.69, 9.17) is 0 Å². The topological polar surface area (TPSA) is 155 Å². The molecule has 0 aromatic rings. The van der Waals surface area contributed by atoms with Crippen molar-refractivity contribution in [3.05, 3.63) is 0 Å². The lowest BCUT2D eigenvalue weighted by molar-refractivity contribution is -0.325. The van der Waals surface area contributed by atoms with Gasteiger partial charge in [-0.3, -0.25) is 29.0 Å². The quantitative estimate of drug-likeness (QED) is 0.436. The first-order chi connectivity index (χ1) is 11.2. The molecule has 2 fully saturated rings. The molecule has 0 bridgehead atoms. The van der Waals surface area contributed by atoms with Crippen LogP contribution in [0.15, 0.2) is 0 Å². The zero-order valence-electron chi connectivity index (χ0n) is 12.6. The average molecular weight is 338 g/mol. The van der Waals surface area contributed by atoms with Crippen molar-refractivity contribution >= 4 is 35.6 Å². The second-order valence-electron chi connectivity index (χ2n) is 5.58. The summed E-state index contributed by atoms with van der Waals surface area (Å²) >= 11 is 0. The van der Waals surface area contributed by atoms with Crippen molar-refractivity contribution in [1.82, 2.24) is 9.80 Å². The first-order valence-electron chi connectivity index (χ1n) is 7.35. The van der Waals surface area contributed by atoms with Crippen LogP contribution in [0.5, 0.6) is 0 Å². The molecule has 4 amide bonds. The molecule has 0 atom stereocenters. The molecule has 2 aliphatic rings. The van der Waals surface area contributed by atoms with E-state index in [1.807, 2.05) is 0 Å². The Labute approximate surface area is 136 Å². The second-order valence-corrected chi connectivity index (χ2v) is 5.58. The molecule has 0 unspecified atom stereocenters. The Morgan fingerprint density at radius 2 is 1.21 bits per heavy atom. The van der Waals surface area contributed by atoms with E-state index in [1.54, 1.807) is 0 Å². The predicted molar refractivity (Wildman–Crippen MR) is 68.8 cm³/mol. The van der Waals surface area contributed by atoms with Crippen LogP contribution in [0.4, 0.5) is 0 Å². The van der Waals surface area contributed by atoms with Gasteiger partial charge in [0.05, 0.1) is 5.97 Å². The highest BCUT2D eigenvalue weighted by Crippen LogP contribution is 2.35. The van der Waals surface area contributed by atoms with Gasteiger partial charge in [-0.25, -0.2) is 0 Å². The highest BCUT2D eigenvalue weighted by Gasteiger charge is 2.56. The van der Waals surface area contributed by atoms with E-state index < -0.39 is 54.1 Å². The van der Waals surface area contributed by atoms with Crippen molar-refractivity contribution < 1.29 is 39.0 Å². The Kier molecular flexibility index (Phi) is 4.67. The monoisotopic (exact) mass is 338 g/mol. The SMILES string of the molecule is O=C([O-])CCCC(C(=O)[O-])(N1C(=O)CCC1=O)N1C(=O)CCC1=O. The van der Waals surface area contributed by atoms with E-state index in [0.717, 1.165) is 0 Å². The molecule has 24 heavy (non-hydrogen) atoms. The number of hydrogen-bond acceptors (Lipinski definition) is 8. The summed E-state index contributed by atoms with van der Waals surface area (Å²) in [6.45, 7) is 0. The summed E-state index contributed by atoms with van der Waals surface area (Å²) < 4.78 is 0. The third-order valence-corrected chi connectivity index (χ3v) is 4.08. The number of carboxylic acids is 2. The van der Waals surface area contributed by atoms with Crippen LogP contribution in [-0.2, 0) is 28.8 Å². The molecule has 0 radical (unpaired) electrons. The van der Waals surface area contributed by atoms with Crippen LogP contribution in [0.3, 0.4) is 0 Å². The van der Waals surface area contributed by atoms with Crippen LogP contribution in [0.2, 0.25) is 0 Å². The summed E-state index contributed by atoms with van der Waals surface area (Å²) in [6.07, 6.45) is -2.56. The number of amides is 4. The van der Waals surface area contributed by atoms with Gasteiger partial charge >= 0.3 is 0 Å². The molecule has 2 rings (SSSR count). The molecule has 2 saturated heterocycles. The van der Waals surface area contributed by atoms with E-state index in [2.05, 4.69) is 0 Å². The average Bonchev–Trinajstić information content (AvgIpc) is 2.99. The third-order valence-electron chi connectivity index (χ3n) is 4.08. The maximum atomic E-state index is 12.0. The predicted octanol–water partition coefficient (Wildman–Crippen LogP) is -3.35. The van der Waals surface area contributed by atoms with Crippen LogP contribution >= 0.6 is 0 Å². The number of carboxylic acid groups (broad SMARTS) is 2. The lowest BCUT2D eigenvalue weighted by Crippen LogP contribution is -2.71. The van der Waals surface area contributed by atoms with Crippen molar-refractivity contribution in [2.75, 3.05) is 0 Å². The molecule has 0 spiro atoms. The minimum atomic E-state index is -2.63. The number of imide groups is 2. The summed E-state index contributed by atoms with van der Waals surface area (Å²) in [4.78, 5) is 71.3. The molecular weight excluding hydrogens is 324 g/mol. The fourth-order valence-corrected chi connectivity index (χ4v) is 3.07. The number of likely N-dealkylation sites (tertiary alicyclic amines) is 2. The number of rotatable bonds is 7. The minimum Gasteiger partial charge on any atom is -0.550 e. The fraction of sp³-hybridized carbons (Fsp3) is 0.571. The van der Waals surface area contributed by atoms with Crippen LogP contribution in [0.1, 0.15) is 44.9 Å². The molecule has 0 aromatic heterocycles. The van der Waals surface area contributed by atoms with Crippen molar-refractivity contribution in [1.29, 1.82) is 0 Å². The lowest BCUT2D eigenvalue weighted by atomic mass is 9.97. The van der Waals surface area contributed by atoms with E-state index >= 15 is 0 Å². The Morgan fingerprint density at radius 3 is 1.50 bits per heavy atom. The summed E-state index contributed by atoms with van der Waals surface area (Å²) in [6, 6.07) is 0. The zero-order chi connectivity index (χ0) is 18.1. The molecule has 10 nitrogen and oxygen atoms in total. The van der Waals surface area contributed by atoms with Crippen molar-refractivity contribution in [3.63, 3.8) is 0 Å². The number of aliphatic carboxylic acids is 2. The normalized spacial score (nSPS) is 18.7. The summed E-state index contributed by atoms with van der Waals surface area (Å²) in [5.74, 6) is -6.88. The van der Waals surface area contributed by atoms with E-state index in [1.165, 1.54) is 0 Å². The maximum absolute atomic E-state index is 12.0. The minimum absolute atomic E-state index is 0.259. The van der Waals surface area contributed by atoms with Gasteiger partial charge in [0.1, 0.15) is 0 Å². The van der Waals surface area contributed by atoms with Gasteiger partial charge in [0.25, 0.3) is 0 Å². The van der Waals surface area contributed by atoms with Gasteiger partial charge in [0.2, 0.25) is 23.6 Å². The smallest absolute Gasteiger partial charge is 0.231 e. The molecule has 0 saturated carbocycles. The molecule has 10 heteroatoms. The standard InChI is InChI=1S/C14H16N2O8/c17-8-3-4-9(18)15(8)14(13(23)24,7-1-2-12(21)22)16-10(19)5-6-11(16)20/h1-7H2,(H,21,22)(H,23,24)/p-2. The molecular formula is C14H14N2O8-2. The van der Waals surface area contributed by atoms with Gasteiger partial charge in [-0.2, -0.15) is 0 Å². The van der Waals surface area contributed by atoms with Gasteiger partial charge in [0.15, 0.2) is 5.66 Å². The first-order valence-corrected chi connectivity index (χ1v) is 7.35. The molecule has 2 heterocycles. The van der Waals surface area contributed by atoms with Gasteiger partial charge < -0.3 is 19.8 Å². The third kappa shape index (κ3) is 2.74. The summed E-state index contributed by atoms with van der Waals surface area (Å²) in [5, 5.41) is 22.5.